The summed E-state index contributed by atoms with van der Waals surface area (Å²) in [7, 11) is 0. The van der Waals surface area contributed by atoms with E-state index in [1.54, 1.807) is 6.07 Å². The summed E-state index contributed by atoms with van der Waals surface area (Å²) in [6.45, 7) is 4.79. The van der Waals surface area contributed by atoms with Crippen LogP contribution in [0, 0.1) is 37.5 Å². The van der Waals surface area contributed by atoms with E-state index in [1.807, 2.05) is 32.1 Å². The number of ether oxygens (including phenoxy) is 1. The first kappa shape index (κ1) is 20.8. The van der Waals surface area contributed by atoms with Gasteiger partial charge in [0.05, 0.1) is 11.8 Å². The second-order valence-corrected chi connectivity index (χ2v) is 9.08. The van der Waals surface area contributed by atoms with Crippen LogP contribution < -0.4 is 5.32 Å². The standard InChI is InChI=1S/C22H23BrN2O5/c1-10-11(2)16(7-6-15(10)23)24-17(26)9-30-22(29)12(3)25-20(27)18-13-4-5-14(8-13)19(18)21(25)28/h4-7,12-14,18-19H,8-9H2,1-3H3,(H,24,26)/t12-,13-,14-,18-,19-/m0/s1. The number of nitrogens with zero attached hydrogens (tertiary/aromatic N) is 1. The van der Waals surface area contributed by atoms with Gasteiger partial charge in [-0.1, -0.05) is 28.1 Å². The third-order valence-corrected chi connectivity index (χ3v) is 7.43. The maximum Gasteiger partial charge on any atom is 0.329 e. The molecule has 2 aliphatic carbocycles. The molecular weight excluding hydrogens is 452 g/mol. The fraction of sp³-hybridized carbons (Fsp3) is 0.455. The number of anilines is 1. The van der Waals surface area contributed by atoms with E-state index in [1.165, 1.54) is 6.92 Å². The number of likely N-dealkylation sites (tertiary alicyclic amines) is 1. The summed E-state index contributed by atoms with van der Waals surface area (Å²) in [6.07, 6.45) is 4.83. The smallest absolute Gasteiger partial charge is 0.329 e. The Morgan fingerprint density at radius 2 is 1.73 bits per heavy atom. The lowest BCUT2D eigenvalue weighted by molar-refractivity contribution is -0.159. The lowest BCUT2D eigenvalue weighted by Gasteiger charge is -2.23. The Labute approximate surface area is 183 Å². The van der Waals surface area contributed by atoms with Crippen LogP contribution >= 0.6 is 15.9 Å². The van der Waals surface area contributed by atoms with E-state index >= 15 is 0 Å². The first-order valence-electron chi connectivity index (χ1n) is 9.98. The summed E-state index contributed by atoms with van der Waals surface area (Å²) in [6, 6.07) is 2.53. The molecule has 5 atom stereocenters. The van der Waals surface area contributed by atoms with Crippen LogP contribution in [0.25, 0.3) is 0 Å². The second-order valence-electron chi connectivity index (χ2n) is 8.22. The molecule has 1 N–H and O–H groups in total. The Morgan fingerprint density at radius 1 is 1.13 bits per heavy atom. The van der Waals surface area contributed by atoms with Crippen LogP contribution in [-0.4, -0.2) is 41.2 Å². The van der Waals surface area contributed by atoms with Gasteiger partial charge in [0.15, 0.2) is 6.61 Å². The molecule has 1 aliphatic heterocycles. The minimum Gasteiger partial charge on any atom is -0.454 e. The number of hydrogen-bond acceptors (Lipinski definition) is 5. The monoisotopic (exact) mass is 474 g/mol. The minimum absolute atomic E-state index is 0.0769. The Hall–Kier alpha value is -2.48. The molecule has 3 aliphatic rings. The highest BCUT2D eigenvalue weighted by Gasteiger charge is 2.60. The molecule has 1 aromatic carbocycles. The van der Waals surface area contributed by atoms with E-state index in [2.05, 4.69) is 21.2 Å². The molecule has 0 unspecified atom stereocenters. The van der Waals surface area contributed by atoms with Gasteiger partial charge >= 0.3 is 5.97 Å². The number of amides is 3. The van der Waals surface area contributed by atoms with Crippen molar-refractivity contribution in [3.8, 4) is 0 Å². The number of benzene rings is 1. The fourth-order valence-electron chi connectivity index (χ4n) is 4.78. The Bertz CT molecular complexity index is 958. The van der Waals surface area contributed by atoms with Crippen LogP contribution in [-0.2, 0) is 23.9 Å². The lowest BCUT2D eigenvalue weighted by atomic mass is 9.85. The van der Waals surface area contributed by atoms with Crippen molar-refractivity contribution in [1.29, 1.82) is 0 Å². The van der Waals surface area contributed by atoms with Gasteiger partial charge in [-0.05, 0) is 62.3 Å². The first-order valence-corrected chi connectivity index (χ1v) is 10.8. The largest absolute Gasteiger partial charge is 0.454 e. The van der Waals surface area contributed by atoms with Crippen molar-refractivity contribution in [2.45, 2.75) is 33.2 Å². The van der Waals surface area contributed by atoms with Crippen molar-refractivity contribution < 1.29 is 23.9 Å². The molecule has 0 aromatic heterocycles. The molecule has 1 saturated carbocycles. The number of rotatable bonds is 5. The van der Waals surface area contributed by atoms with Crippen LogP contribution in [0.1, 0.15) is 24.5 Å². The van der Waals surface area contributed by atoms with Crippen LogP contribution in [0.2, 0.25) is 0 Å². The predicted molar refractivity (Wildman–Crippen MR) is 112 cm³/mol. The quantitative estimate of drug-likeness (QED) is 0.402. The van der Waals surface area contributed by atoms with Crippen molar-refractivity contribution in [2.75, 3.05) is 11.9 Å². The highest BCUT2D eigenvalue weighted by atomic mass is 79.9. The number of hydrogen-bond donors (Lipinski definition) is 1. The molecule has 2 fully saturated rings. The van der Waals surface area contributed by atoms with Crippen LogP contribution in [0.3, 0.4) is 0 Å². The van der Waals surface area contributed by atoms with E-state index in [0.717, 1.165) is 26.9 Å². The molecule has 4 rings (SSSR count). The third-order valence-electron chi connectivity index (χ3n) is 6.57. The van der Waals surface area contributed by atoms with Crippen molar-refractivity contribution >= 4 is 45.3 Å². The number of esters is 1. The zero-order valence-electron chi connectivity index (χ0n) is 17.0. The van der Waals surface area contributed by atoms with Gasteiger partial charge in [-0.3, -0.25) is 19.3 Å². The van der Waals surface area contributed by atoms with Gasteiger partial charge < -0.3 is 10.1 Å². The highest BCUT2D eigenvalue weighted by Crippen LogP contribution is 2.52. The molecule has 1 heterocycles. The molecular formula is C22H23BrN2O5. The summed E-state index contributed by atoms with van der Waals surface area (Å²) in [5, 5.41) is 2.72. The molecule has 158 valence electrons. The average Bonchev–Trinajstić information content (AvgIpc) is 3.40. The van der Waals surface area contributed by atoms with Gasteiger partial charge in [-0.2, -0.15) is 0 Å². The van der Waals surface area contributed by atoms with Crippen LogP contribution in [0.4, 0.5) is 5.69 Å². The van der Waals surface area contributed by atoms with Crippen molar-refractivity contribution in [2.24, 2.45) is 23.7 Å². The zero-order chi connectivity index (χ0) is 21.7. The Balaban J connectivity index is 1.35. The van der Waals surface area contributed by atoms with Crippen LogP contribution in [0.5, 0.6) is 0 Å². The number of fused-ring (bicyclic) bond motifs is 5. The second kappa shape index (κ2) is 7.65. The Kier molecular flexibility index (Phi) is 5.30. The number of carbonyl (C=O) groups is 4. The van der Waals surface area contributed by atoms with Gasteiger partial charge in [-0.25, -0.2) is 4.79 Å². The molecule has 0 radical (unpaired) electrons. The molecule has 2 bridgehead atoms. The topological polar surface area (TPSA) is 92.8 Å². The van der Waals surface area contributed by atoms with Gasteiger partial charge in [0.2, 0.25) is 11.8 Å². The van der Waals surface area contributed by atoms with E-state index in [9.17, 15) is 19.2 Å². The number of imide groups is 1. The number of nitrogens with one attached hydrogen (secondary N) is 1. The first-order chi connectivity index (χ1) is 14.2. The number of carbonyl (C=O) groups excluding carboxylic acids is 4. The third kappa shape index (κ3) is 3.27. The highest BCUT2D eigenvalue weighted by molar-refractivity contribution is 9.10. The van der Waals surface area contributed by atoms with Gasteiger partial charge in [0.25, 0.3) is 5.91 Å². The van der Waals surface area contributed by atoms with Crippen molar-refractivity contribution in [1.82, 2.24) is 4.90 Å². The SMILES string of the molecule is Cc1c(Br)ccc(NC(=O)COC(=O)[C@H](C)N2C(=O)[C@@H]3[C@@H](C2=O)[C@H]2C=C[C@H]3C2)c1C. The van der Waals surface area contributed by atoms with Gasteiger partial charge in [-0.15, -0.1) is 0 Å². The molecule has 3 amide bonds. The van der Waals surface area contributed by atoms with Crippen molar-refractivity contribution in [3.63, 3.8) is 0 Å². The Morgan fingerprint density at radius 3 is 2.33 bits per heavy atom. The molecule has 7 nitrogen and oxygen atoms in total. The molecule has 30 heavy (non-hydrogen) atoms. The van der Waals surface area contributed by atoms with E-state index in [0.29, 0.717) is 5.69 Å². The summed E-state index contributed by atoms with van der Waals surface area (Å²) in [5.74, 6) is -2.45. The van der Waals surface area contributed by atoms with Crippen molar-refractivity contribution in [3.05, 3.63) is 39.9 Å². The minimum atomic E-state index is -1.06. The van der Waals surface area contributed by atoms with Gasteiger partial charge in [0, 0.05) is 10.2 Å². The summed E-state index contributed by atoms with van der Waals surface area (Å²) < 4.78 is 6.05. The van der Waals surface area contributed by atoms with Crippen LogP contribution in [0.15, 0.2) is 28.8 Å². The number of halogens is 1. The molecule has 0 spiro atoms. The maximum absolute atomic E-state index is 12.8. The van der Waals surface area contributed by atoms with Gasteiger partial charge in [0.1, 0.15) is 6.04 Å². The van der Waals surface area contributed by atoms with E-state index < -0.39 is 24.5 Å². The number of allylic oxidation sites excluding steroid dienone is 2. The summed E-state index contributed by atoms with van der Waals surface area (Å²) in [5.41, 5.74) is 2.53. The average molecular weight is 475 g/mol. The molecule has 1 aromatic rings. The maximum atomic E-state index is 12.8. The predicted octanol–water partition coefficient (Wildman–Crippen LogP) is 2.74. The molecule has 1 saturated heterocycles. The van der Waals surface area contributed by atoms with E-state index in [4.69, 9.17) is 4.74 Å². The zero-order valence-corrected chi connectivity index (χ0v) is 18.6. The normalized spacial score (nSPS) is 27.4. The lowest BCUT2D eigenvalue weighted by Crippen LogP contribution is -2.45. The van der Waals surface area contributed by atoms with E-state index in [-0.39, 0.29) is 35.5 Å². The molecule has 8 heteroatoms. The summed E-state index contributed by atoms with van der Waals surface area (Å²) in [4.78, 5) is 51.3. The fourth-order valence-corrected chi connectivity index (χ4v) is 5.21. The summed E-state index contributed by atoms with van der Waals surface area (Å²) >= 11 is 3.44.